The van der Waals surface area contributed by atoms with Crippen LogP contribution in [0.2, 0.25) is 0 Å². The molecule has 0 aliphatic carbocycles. The summed E-state index contributed by atoms with van der Waals surface area (Å²) in [6, 6.07) is 12.5. The Morgan fingerprint density at radius 2 is 1.73 bits per heavy atom. The van der Waals surface area contributed by atoms with Gasteiger partial charge in [0.1, 0.15) is 16.9 Å². The lowest BCUT2D eigenvalue weighted by Gasteiger charge is -2.15. The van der Waals surface area contributed by atoms with Gasteiger partial charge in [-0.3, -0.25) is 9.78 Å². The van der Waals surface area contributed by atoms with E-state index in [1.807, 2.05) is 0 Å². The van der Waals surface area contributed by atoms with Crippen LogP contribution in [0.25, 0.3) is 33.0 Å². The quantitative estimate of drug-likeness (QED) is 0.246. The van der Waals surface area contributed by atoms with E-state index < -0.39 is 34.6 Å². The number of amides is 1. The molecule has 0 fully saturated rings. The van der Waals surface area contributed by atoms with E-state index in [-0.39, 0.29) is 34.4 Å². The predicted molar refractivity (Wildman–Crippen MR) is 126 cm³/mol. The van der Waals surface area contributed by atoms with E-state index in [0.717, 1.165) is 6.07 Å². The minimum absolute atomic E-state index is 0.0412. The van der Waals surface area contributed by atoms with Crippen LogP contribution in [0.15, 0.2) is 73.2 Å². The number of nitrogens with zero attached hydrogens (tertiary/aromatic N) is 6. The molecule has 0 spiro atoms. The van der Waals surface area contributed by atoms with Crippen molar-refractivity contribution in [1.82, 2.24) is 24.7 Å². The van der Waals surface area contributed by atoms with Gasteiger partial charge < -0.3 is 5.32 Å². The van der Waals surface area contributed by atoms with Crippen molar-refractivity contribution >= 4 is 28.4 Å². The summed E-state index contributed by atoms with van der Waals surface area (Å²) < 4.78 is 57.3. The van der Waals surface area contributed by atoms with Crippen LogP contribution in [-0.4, -0.2) is 30.6 Å². The molecule has 3 heterocycles. The summed E-state index contributed by atoms with van der Waals surface area (Å²) in [6.07, 6.45) is -1.17. The van der Waals surface area contributed by atoms with Crippen LogP contribution < -0.4 is 5.32 Å². The van der Waals surface area contributed by atoms with Crippen molar-refractivity contribution in [1.29, 1.82) is 0 Å². The molecule has 0 aliphatic heterocycles. The molecule has 182 valence electrons. The summed E-state index contributed by atoms with van der Waals surface area (Å²) in [4.78, 5) is 28.4. The molecule has 0 aliphatic rings. The predicted octanol–water partition coefficient (Wildman–Crippen LogP) is 5.84. The van der Waals surface area contributed by atoms with Gasteiger partial charge in [-0.2, -0.15) is 18.3 Å². The van der Waals surface area contributed by atoms with Crippen LogP contribution in [-0.2, 0) is 6.18 Å². The Kier molecular flexibility index (Phi) is 5.81. The second-order valence-electron chi connectivity index (χ2n) is 7.67. The maximum atomic E-state index is 14.9. The molecule has 0 saturated carbocycles. The topological polar surface area (TPSA) is 90.0 Å². The third-order valence-corrected chi connectivity index (χ3v) is 5.32. The standard InChI is InChI=1S/C25H13F4N7O/c1-30-14-10-20-21(33-13-14)23(36(35-20)15-6-3-2-4-7-15)34-24(37)17-11-16(22-31-8-5-9-32-22)18(12-19(17)26)25(27,28)29/h2-13H,(H,34,37). The number of anilines is 1. The molecule has 1 amide bonds. The number of benzene rings is 2. The number of fused-ring (bicyclic) bond motifs is 1. The van der Waals surface area contributed by atoms with Crippen LogP contribution >= 0.6 is 0 Å². The number of hydrogen-bond donors (Lipinski definition) is 1. The molecule has 0 unspecified atom stereocenters. The first-order valence-corrected chi connectivity index (χ1v) is 10.6. The van der Waals surface area contributed by atoms with Crippen molar-refractivity contribution in [3.8, 4) is 17.1 Å². The summed E-state index contributed by atoms with van der Waals surface area (Å²) in [5, 5.41) is 6.93. The maximum absolute atomic E-state index is 14.9. The minimum atomic E-state index is -4.92. The molecule has 0 saturated heterocycles. The highest BCUT2D eigenvalue weighted by atomic mass is 19.4. The fraction of sp³-hybridized carbons (Fsp3) is 0.0400. The zero-order chi connectivity index (χ0) is 26.2. The number of aromatic nitrogens is 5. The van der Waals surface area contributed by atoms with Gasteiger partial charge in [-0.25, -0.2) is 23.9 Å². The van der Waals surface area contributed by atoms with Crippen LogP contribution in [0.3, 0.4) is 0 Å². The Balaban J connectivity index is 1.64. The molecule has 0 atom stereocenters. The molecule has 12 heteroatoms. The van der Waals surface area contributed by atoms with Crippen LogP contribution in [0, 0.1) is 12.4 Å². The van der Waals surface area contributed by atoms with Crippen molar-refractivity contribution in [2.75, 3.05) is 5.32 Å². The highest BCUT2D eigenvalue weighted by molar-refractivity contribution is 6.08. The fourth-order valence-electron chi connectivity index (χ4n) is 3.67. The smallest absolute Gasteiger partial charge is 0.305 e. The van der Waals surface area contributed by atoms with E-state index in [2.05, 4.69) is 30.2 Å². The van der Waals surface area contributed by atoms with Gasteiger partial charge in [-0.15, -0.1) is 0 Å². The number of para-hydroxylation sites is 1. The first-order chi connectivity index (χ1) is 17.8. The first-order valence-electron chi connectivity index (χ1n) is 10.6. The third-order valence-electron chi connectivity index (χ3n) is 5.32. The summed E-state index contributed by atoms with van der Waals surface area (Å²) in [5.74, 6) is -2.71. The molecule has 3 aromatic heterocycles. The van der Waals surface area contributed by atoms with Gasteiger partial charge in [0, 0.05) is 24.2 Å². The summed E-state index contributed by atoms with van der Waals surface area (Å²) in [7, 11) is 0. The second kappa shape index (κ2) is 9.12. The SMILES string of the molecule is [C-]#[N+]c1cnc2c(NC(=O)c3cc(-c4ncccn4)c(C(F)(F)F)cc3F)n(-c3ccccc3)nc2c1. The molecular formula is C25H13F4N7O. The molecule has 8 nitrogen and oxygen atoms in total. The normalized spacial score (nSPS) is 11.3. The Hall–Kier alpha value is -5.18. The molecule has 0 radical (unpaired) electrons. The first kappa shape index (κ1) is 23.6. The van der Waals surface area contributed by atoms with Crippen molar-refractivity contribution < 1.29 is 22.4 Å². The van der Waals surface area contributed by atoms with E-state index in [0.29, 0.717) is 5.69 Å². The highest BCUT2D eigenvalue weighted by Gasteiger charge is 2.36. The monoisotopic (exact) mass is 503 g/mol. The largest absolute Gasteiger partial charge is 0.417 e. The third kappa shape index (κ3) is 4.45. The van der Waals surface area contributed by atoms with E-state index in [1.54, 1.807) is 30.3 Å². The number of nitrogens with one attached hydrogen (secondary N) is 1. The Labute approximate surface area is 206 Å². The second-order valence-corrected chi connectivity index (χ2v) is 7.67. The molecule has 5 rings (SSSR count). The van der Waals surface area contributed by atoms with Crippen molar-refractivity contribution in [2.24, 2.45) is 0 Å². The summed E-state index contributed by atoms with van der Waals surface area (Å²) in [5.41, 5.74) is -1.33. The minimum Gasteiger partial charge on any atom is -0.305 e. The molecule has 2 aromatic carbocycles. The highest BCUT2D eigenvalue weighted by Crippen LogP contribution is 2.38. The van der Waals surface area contributed by atoms with Gasteiger partial charge >= 0.3 is 6.18 Å². The van der Waals surface area contributed by atoms with Crippen LogP contribution in [0.5, 0.6) is 0 Å². The number of pyridine rings is 1. The lowest BCUT2D eigenvalue weighted by Crippen LogP contribution is -2.19. The van der Waals surface area contributed by atoms with Crippen molar-refractivity contribution in [3.63, 3.8) is 0 Å². The molecule has 37 heavy (non-hydrogen) atoms. The average Bonchev–Trinajstić information content (AvgIpc) is 3.26. The van der Waals surface area contributed by atoms with E-state index in [4.69, 9.17) is 6.57 Å². The van der Waals surface area contributed by atoms with Crippen molar-refractivity contribution in [3.05, 3.63) is 102 Å². The lowest BCUT2D eigenvalue weighted by molar-refractivity contribution is -0.137. The van der Waals surface area contributed by atoms with Gasteiger partial charge in [0.25, 0.3) is 5.91 Å². The summed E-state index contributed by atoms with van der Waals surface area (Å²) >= 11 is 0. The Bertz CT molecular complexity index is 1680. The van der Waals surface area contributed by atoms with Gasteiger partial charge in [-0.1, -0.05) is 18.2 Å². The zero-order valence-corrected chi connectivity index (χ0v) is 18.5. The van der Waals surface area contributed by atoms with Crippen LogP contribution in [0.4, 0.5) is 29.1 Å². The van der Waals surface area contributed by atoms with E-state index in [1.165, 1.54) is 35.4 Å². The number of rotatable bonds is 4. The van der Waals surface area contributed by atoms with Crippen LogP contribution in [0.1, 0.15) is 15.9 Å². The van der Waals surface area contributed by atoms with E-state index in [9.17, 15) is 22.4 Å². The molecule has 0 bridgehead atoms. The zero-order valence-electron chi connectivity index (χ0n) is 18.5. The van der Waals surface area contributed by atoms with E-state index >= 15 is 0 Å². The van der Waals surface area contributed by atoms with Gasteiger partial charge in [0.2, 0.25) is 5.69 Å². The molecule has 1 N–H and O–H groups in total. The van der Waals surface area contributed by atoms with Gasteiger partial charge in [0.05, 0.1) is 23.4 Å². The maximum Gasteiger partial charge on any atom is 0.417 e. The fourth-order valence-corrected chi connectivity index (χ4v) is 3.67. The number of carbonyl (C=O) groups is 1. The number of carbonyl (C=O) groups excluding carboxylic acids is 1. The Morgan fingerprint density at radius 1 is 1.00 bits per heavy atom. The average molecular weight is 503 g/mol. The molecular weight excluding hydrogens is 490 g/mol. The molecule has 5 aromatic rings. The lowest BCUT2D eigenvalue weighted by atomic mass is 10.0. The van der Waals surface area contributed by atoms with Gasteiger partial charge in [0.15, 0.2) is 11.6 Å². The number of alkyl halides is 3. The number of halogens is 4. The number of hydrogen-bond acceptors (Lipinski definition) is 5. The van der Waals surface area contributed by atoms with Crippen molar-refractivity contribution in [2.45, 2.75) is 6.18 Å². The van der Waals surface area contributed by atoms with Gasteiger partial charge in [-0.05, 0) is 36.4 Å². The Morgan fingerprint density at radius 3 is 2.41 bits per heavy atom. The summed E-state index contributed by atoms with van der Waals surface area (Å²) in [6.45, 7) is 7.19.